The molecule has 0 fully saturated rings. The van der Waals surface area contributed by atoms with Crippen LogP contribution in [0.25, 0.3) is 0 Å². The topological polar surface area (TPSA) is 66.3 Å². The van der Waals surface area contributed by atoms with Crippen LogP contribution < -0.4 is 4.90 Å². The highest BCUT2D eigenvalue weighted by Gasteiger charge is 2.19. The van der Waals surface area contributed by atoms with Crippen molar-refractivity contribution in [3.8, 4) is 0 Å². The molecule has 1 N–H and O–H groups in total. The van der Waals surface area contributed by atoms with Crippen LogP contribution in [0.5, 0.6) is 0 Å². The normalized spacial score (nSPS) is 10.6. The van der Waals surface area contributed by atoms with Gasteiger partial charge in [-0.25, -0.2) is 14.8 Å². The second-order valence-electron chi connectivity index (χ2n) is 4.82. The molecule has 5 heteroatoms. The van der Waals surface area contributed by atoms with Crippen LogP contribution in [0.1, 0.15) is 36.1 Å². The molecule has 0 radical (unpaired) electrons. The highest BCUT2D eigenvalue weighted by molar-refractivity contribution is 5.93. The predicted molar refractivity (Wildman–Crippen MR) is 77.6 cm³/mol. The van der Waals surface area contributed by atoms with Gasteiger partial charge in [0.05, 0.1) is 11.9 Å². The van der Waals surface area contributed by atoms with Crippen molar-refractivity contribution in [2.45, 2.75) is 19.8 Å². The molecule has 0 aliphatic heterocycles. The van der Waals surface area contributed by atoms with E-state index in [1.54, 1.807) is 18.1 Å². The van der Waals surface area contributed by atoms with Gasteiger partial charge >= 0.3 is 5.97 Å². The van der Waals surface area contributed by atoms with Gasteiger partial charge in [0.25, 0.3) is 0 Å². The number of hydrogen-bond donors (Lipinski definition) is 1. The summed E-state index contributed by atoms with van der Waals surface area (Å²) in [5, 5.41) is 9.35. The molecule has 0 atom stereocenters. The van der Waals surface area contributed by atoms with E-state index in [1.165, 1.54) is 0 Å². The van der Waals surface area contributed by atoms with Crippen LogP contribution in [-0.4, -0.2) is 28.1 Å². The standard InChI is InChI=1S/C15H17N3O2/c1-10(2)14-16-9-12(13(17-14)15(19)20)18(3)11-7-5-4-6-8-11/h4-10H,1-3H3,(H,19,20). The number of benzene rings is 1. The fourth-order valence-electron chi connectivity index (χ4n) is 1.86. The third-order valence-electron chi connectivity index (χ3n) is 3.01. The molecule has 0 bridgehead atoms. The number of carboxylic acid groups (broad SMARTS) is 1. The first-order chi connectivity index (χ1) is 9.50. The molecule has 20 heavy (non-hydrogen) atoms. The number of para-hydroxylation sites is 1. The first-order valence-electron chi connectivity index (χ1n) is 6.39. The van der Waals surface area contributed by atoms with Crippen LogP contribution in [0.15, 0.2) is 36.5 Å². The summed E-state index contributed by atoms with van der Waals surface area (Å²) in [6, 6.07) is 9.52. The summed E-state index contributed by atoms with van der Waals surface area (Å²) >= 11 is 0. The zero-order valence-corrected chi connectivity index (χ0v) is 11.7. The second-order valence-corrected chi connectivity index (χ2v) is 4.82. The zero-order valence-electron chi connectivity index (χ0n) is 11.7. The van der Waals surface area contributed by atoms with Gasteiger partial charge in [0, 0.05) is 18.7 Å². The number of carbonyl (C=O) groups is 1. The molecule has 2 aromatic rings. The van der Waals surface area contributed by atoms with Crippen LogP contribution in [0.3, 0.4) is 0 Å². The van der Waals surface area contributed by atoms with E-state index in [0.29, 0.717) is 11.5 Å². The minimum Gasteiger partial charge on any atom is -0.476 e. The lowest BCUT2D eigenvalue weighted by molar-refractivity contribution is 0.0690. The Morgan fingerprint density at radius 1 is 1.25 bits per heavy atom. The molecule has 0 saturated heterocycles. The Balaban J connectivity index is 2.48. The van der Waals surface area contributed by atoms with Gasteiger partial charge in [0.15, 0.2) is 5.69 Å². The molecule has 0 aliphatic rings. The van der Waals surface area contributed by atoms with Crippen LogP contribution in [-0.2, 0) is 0 Å². The number of rotatable bonds is 4. The Bertz CT molecular complexity index is 612. The molecule has 0 aliphatic carbocycles. The summed E-state index contributed by atoms with van der Waals surface area (Å²) < 4.78 is 0. The summed E-state index contributed by atoms with van der Waals surface area (Å²) in [4.78, 5) is 21.6. The Hall–Kier alpha value is -2.43. The first kappa shape index (κ1) is 14.0. The predicted octanol–water partition coefficient (Wildman–Crippen LogP) is 3.07. The largest absolute Gasteiger partial charge is 0.476 e. The van der Waals surface area contributed by atoms with E-state index in [-0.39, 0.29) is 11.6 Å². The number of carboxylic acids is 1. The van der Waals surface area contributed by atoms with Crippen molar-refractivity contribution in [2.75, 3.05) is 11.9 Å². The third-order valence-corrected chi connectivity index (χ3v) is 3.01. The summed E-state index contributed by atoms with van der Waals surface area (Å²) in [5.74, 6) is -0.427. The van der Waals surface area contributed by atoms with Gasteiger partial charge in [-0.3, -0.25) is 0 Å². The maximum Gasteiger partial charge on any atom is 0.356 e. The van der Waals surface area contributed by atoms with Crippen molar-refractivity contribution in [3.05, 3.63) is 48.0 Å². The maximum absolute atomic E-state index is 11.4. The molecule has 0 amide bonds. The van der Waals surface area contributed by atoms with Crippen molar-refractivity contribution >= 4 is 17.3 Å². The van der Waals surface area contributed by atoms with E-state index in [4.69, 9.17) is 0 Å². The lowest BCUT2D eigenvalue weighted by atomic mass is 10.2. The van der Waals surface area contributed by atoms with E-state index in [2.05, 4.69) is 9.97 Å². The number of nitrogens with zero attached hydrogens (tertiary/aromatic N) is 3. The Labute approximate surface area is 117 Å². The Morgan fingerprint density at radius 3 is 2.45 bits per heavy atom. The van der Waals surface area contributed by atoms with Crippen LogP contribution in [0, 0.1) is 0 Å². The molecule has 104 valence electrons. The minimum atomic E-state index is -1.05. The molecule has 1 aromatic carbocycles. The maximum atomic E-state index is 11.4. The van der Waals surface area contributed by atoms with E-state index < -0.39 is 5.97 Å². The quantitative estimate of drug-likeness (QED) is 0.925. The lowest BCUT2D eigenvalue weighted by Gasteiger charge is -2.21. The summed E-state index contributed by atoms with van der Waals surface area (Å²) in [6.45, 7) is 3.86. The van der Waals surface area contributed by atoms with Crippen molar-refractivity contribution < 1.29 is 9.90 Å². The second kappa shape index (κ2) is 5.69. The molecular weight excluding hydrogens is 254 g/mol. The molecular formula is C15H17N3O2. The molecule has 0 unspecified atom stereocenters. The molecule has 1 aromatic heterocycles. The van der Waals surface area contributed by atoms with Crippen LogP contribution >= 0.6 is 0 Å². The highest BCUT2D eigenvalue weighted by Crippen LogP contribution is 2.26. The zero-order chi connectivity index (χ0) is 14.7. The van der Waals surface area contributed by atoms with Gasteiger partial charge in [-0.2, -0.15) is 0 Å². The van der Waals surface area contributed by atoms with E-state index in [9.17, 15) is 9.90 Å². The summed E-state index contributed by atoms with van der Waals surface area (Å²) in [7, 11) is 1.80. The minimum absolute atomic E-state index is 0.0232. The average molecular weight is 271 g/mol. The molecule has 0 saturated carbocycles. The van der Waals surface area contributed by atoms with Gasteiger partial charge in [0.1, 0.15) is 5.82 Å². The van der Waals surface area contributed by atoms with E-state index in [1.807, 2.05) is 44.2 Å². The summed E-state index contributed by atoms with van der Waals surface area (Å²) in [5.41, 5.74) is 1.39. The van der Waals surface area contributed by atoms with Gasteiger partial charge in [-0.05, 0) is 12.1 Å². The average Bonchev–Trinajstić information content (AvgIpc) is 2.46. The van der Waals surface area contributed by atoms with Gasteiger partial charge in [0.2, 0.25) is 0 Å². The molecule has 5 nitrogen and oxygen atoms in total. The molecule has 1 heterocycles. The van der Waals surface area contributed by atoms with Crippen molar-refractivity contribution in [1.29, 1.82) is 0 Å². The number of aromatic carboxylic acids is 1. The highest BCUT2D eigenvalue weighted by atomic mass is 16.4. The van der Waals surface area contributed by atoms with E-state index >= 15 is 0 Å². The van der Waals surface area contributed by atoms with Crippen molar-refractivity contribution in [3.63, 3.8) is 0 Å². The van der Waals surface area contributed by atoms with E-state index in [0.717, 1.165) is 5.69 Å². The third kappa shape index (κ3) is 2.77. The first-order valence-corrected chi connectivity index (χ1v) is 6.39. The summed E-state index contributed by atoms with van der Waals surface area (Å²) in [6.07, 6.45) is 1.57. The number of hydrogen-bond acceptors (Lipinski definition) is 4. The van der Waals surface area contributed by atoms with Gasteiger partial charge in [-0.1, -0.05) is 32.0 Å². The molecule has 2 rings (SSSR count). The van der Waals surface area contributed by atoms with Gasteiger partial charge in [-0.15, -0.1) is 0 Å². The van der Waals surface area contributed by atoms with Crippen molar-refractivity contribution in [2.24, 2.45) is 0 Å². The lowest BCUT2D eigenvalue weighted by Crippen LogP contribution is -2.17. The smallest absolute Gasteiger partial charge is 0.356 e. The fourth-order valence-corrected chi connectivity index (χ4v) is 1.86. The van der Waals surface area contributed by atoms with Crippen LogP contribution in [0.4, 0.5) is 11.4 Å². The van der Waals surface area contributed by atoms with Gasteiger partial charge < -0.3 is 10.0 Å². The fraction of sp³-hybridized carbons (Fsp3) is 0.267. The Morgan fingerprint density at radius 2 is 1.90 bits per heavy atom. The van der Waals surface area contributed by atoms with Crippen molar-refractivity contribution in [1.82, 2.24) is 9.97 Å². The number of aromatic nitrogens is 2. The van der Waals surface area contributed by atoms with Crippen LogP contribution in [0.2, 0.25) is 0 Å². The Kier molecular flexibility index (Phi) is 3.98. The SMILES string of the molecule is CC(C)c1ncc(N(C)c2ccccc2)c(C(=O)O)n1. The number of anilines is 2. The monoisotopic (exact) mass is 271 g/mol. The molecule has 0 spiro atoms.